The van der Waals surface area contributed by atoms with Crippen molar-refractivity contribution in [2.45, 2.75) is 38.0 Å². The van der Waals surface area contributed by atoms with Crippen molar-refractivity contribution in [2.75, 3.05) is 13.1 Å². The molecule has 0 amide bonds. The predicted molar refractivity (Wildman–Crippen MR) is 59.7 cm³/mol. The quantitative estimate of drug-likeness (QED) is 0.812. The first-order valence-corrected chi connectivity index (χ1v) is 5.84. The smallest absolute Gasteiger partial charge is 0.138 e. The molecule has 1 saturated heterocycles. The second-order valence-electron chi connectivity index (χ2n) is 4.55. The lowest BCUT2D eigenvalue weighted by Gasteiger charge is -2.36. The van der Waals surface area contributed by atoms with Gasteiger partial charge in [0.15, 0.2) is 0 Å². The van der Waals surface area contributed by atoms with Crippen LogP contribution in [0.2, 0.25) is 0 Å². The molecule has 15 heavy (non-hydrogen) atoms. The van der Waals surface area contributed by atoms with Crippen LogP contribution in [0, 0.1) is 0 Å². The van der Waals surface area contributed by atoms with Crippen molar-refractivity contribution in [2.24, 2.45) is 7.05 Å². The van der Waals surface area contributed by atoms with Crippen LogP contribution in [0.25, 0.3) is 0 Å². The Kier molecular flexibility index (Phi) is 3.05. The maximum Gasteiger partial charge on any atom is 0.138 e. The molecule has 1 aromatic heterocycles. The third kappa shape index (κ3) is 1.91. The highest BCUT2D eigenvalue weighted by Crippen LogP contribution is 2.36. The average molecular weight is 208 g/mol. The van der Waals surface area contributed by atoms with Gasteiger partial charge in [-0.2, -0.15) is 0 Å². The number of hydrogen-bond acceptors (Lipinski definition) is 3. The molecule has 0 unspecified atom stereocenters. The van der Waals surface area contributed by atoms with Crippen molar-refractivity contribution in [1.29, 1.82) is 0 Å². The zero-order chi connectivity index (χ0) is 10.7. The van der Waals surface area contributed by atoms with Crippen LogP contribution < -0.4 is 5.32 Å². The molecule has 0 aliphatic carbocycles. The van der Waals surface area contributed by atoms with E-state index in [1.165, 1.54) is 31.5 Å². The SMILES string of the molecule is CCCC1(c2nncn2C)CCNCC1. The number of aryl methyl sites for hydroxylation is 1. The van der Waals surface area contributed by atoms with Gasteiger partial charge in [0, 0.05) is 12.5 Å². The Labute approximate surface area is 91.1 Å². The van der Waals surface area contributed by atoms with Crippen molar-refractivity contribution in [1.82, 2.24) is 20.1 Å². The molecule has 1 aromatic rings. The van der Waals surface area contributed by atoms with E-state index in [2.05, 4.69) is 34.1 Å². The molecule has 84 valence electrons. The summed E-state index contributed by atoms with van der Waals surface area (Å²) >= 11 is 0. The Bertz CT molecular complexity index is 307. The molecule has 0 atom stereocenters. The number of nitrogens with zero attached hydrogens (tertiary/aromatic N) is 3. The Hall–Kier alpha value is -0.900. The Morgan fingerprint density at radius 2 is 2.20 bits per heavy atom. The standard InChI is InChI=1S/C11H20N4/c1-3-4-11(5-7-12-8-6-11)10-14-13-9-15(10)2/h9,12H,3-8H2,1-2H3. The molecule has 1 aliphatic heterocycles. The summed E-state index contributed by atoms with van der Waals surface area (Å²) in [5.41, 5.74) is 0.269. The minimum absolute atomic E-state index is 0.269. The van der Waals surface area contributed by atoms with E-state index in [4.69, 9.17) is 0 Å². The summed E-state index contributed by atoms with van der Waals surface area (Å²) in [5.74, 6) is 1.17. The Morgan fingerprint density at radius 3 is 2.73 bits per heavy atom. The van der Waals surface area contributed by atoms with Crippen LogP contribution in [-0.4, -0.2) is 27.9 Å². The third-order valence-corrected chi connectivity index (χ3v) is 3.47. The number of hydrogen-bond donors (Lipinski definition) is 1. The Balaban J connectivity index is 2.29. The highest BCUT2D eigenvalue weighted by molar-refractivity contribution is 5.09. The molecule has 0 saturated carbocycles. The van der Waals surface area contributed by atoms with E-state index in [1.54, 1.807) is 0 Å². The first-order chi connectivity index (χ1) is 7.28. The summed E-state index contributed by atoms with van der Waals surface area (Å²) in [5, 5.41) is 11.8. The maximum absolute atomic E-state index is 4.32. The van der Waals surface area contributed by atoms with E-state index in [9.17, 15) is 0 Å². The fraction of sp³-hybridized carbons (Fsp3) is 0.818. The zero-order valence-corrected chi connectivity index (χ0v) is 9.66. The Morgan fingerprint density at radius 1 is 1.47 bits per heavy atom. The molecule has 0 radical (unpaired) electrons. The van der Waals surface area contributed by atoms with Crippen LogP contribution in [0.5, 0.6) is 0 Å². The first kappa shape index (κ1) is 10.6. The van der Waals surface area contributed by atoms with E-state index in [0.29, 0.717) is 0 Å². The number of piperidine rings is 1. The van der Waals surface area contributed by atoms with Gasteiger partial charge in [-0.3, -0.25) is 0 Å². The lowest BCUT2D eigenvalue weighted by atomic mass is 9.74. The molecule has 4 heteroatoms. The number of aromatic nitrogens is 3. The monoisotopic (exact) mass is 208 g/mol. The molecule has 0 spiro atoms. The van der Waals surface area contributed by atoms with Gasteiger partial charge in [0.05, 0.1) is 0 Å². The summed E-state index contributed by atoms with van der Waals surface area (Å²) in [6.45, 7) is 4.46. The van der Waals surface area contributed by atoms with Crippen LogP contribution in [0.1, 0.15) is 38.4 Å². The number of rotatable bonds is 3. The van der Waals surface area contributed by atoms with Gasteiger partial charge in [0.1, 0.15) is 12.2 Å². The molecular formula is C11H20N4. The summed E-state index contributed by atoms with van der Waals surface area (Å²) < 4.78 is 2.08. The van der Waals surface area contributed by atoms with Crippen LogP contribution in [0.3, 0.4) is 0 Å². The van der Waals surface area contributed by atoms with Gasteiger partial charge in [-0.25, -0.2) is 0 Å². The molecule has 1 N–H and O–H groups in total. The van der Waals surface area contributed by atoms with Gasteiger partial charge in [0.25, 0.3) is 0 Å². The van der Waals surface area contributed by atoms with Crippen molar-refractivity contribution >= 4 is 0 Å². The second-order valence-corrected chi connectivity index (χ2v) is 4.55. The van der Waals surface area contributed by atoms with E-state index in [-0.39, 0.29) is 5.41 Å². The predicted octanol–water partition coefficient (Wildman–Crippen LogP) is 1.24. The van der Waals surface area contributed by atoms with Crippen molar-refractivity contribution in [3.63, 3.8) is 0 Å². The highest BCUT2D eigenvalue weighted by atomic mass is 15.3. The first-order valence-electron chi connectivity index (χ1n) is 5.84. The van der Waals surface area contributed by atoms with Crippen LogP contribution in [-0.2, 0) is 12.5 Å². The normalized spacial score (nSPS) is 20.4. The molecule has 4 nitrogen and oxygen atoms in total. The van der Waals surface area contributed by atoms with Gasteiger partial charge >= 0.3 is 0 Å². The van der Waals surface area contributed by atoms with Gasteiger partial charge in [-0.1, -0.05) is 13.3 Å². The molecular weight excluding hydrogens is 188 g/mol. The summed E-state index contributed by atoms with van der Waals surface area (Å²) in [6.07, 6.45) is 6.63. The molecule has 2 heterocycles. The fourth-order valence-electron chi connectivity index (χ4n) is 2.73. The summed E-state index contributed by atoms with van der Waals surface area (Å²) in [4.78, 5) is 0. The van der Waals surface area contributed by atoms with Crippen LogP contribution >= 0.6 is 0 Å². The van der Waals surface area contributed by atoms with E-state index < -0.39 is 0 Å². The highest BCUT2D eigenvalue weighted by Gasteiger charge is 2.36. The second kappa shape index (κ2) is 4.31. The molecule has 0 bridgehead atoms. The van der Waals surface area contributed by atoms with Crippen molar-refractivity contribution < 1.29 is 0 Å². The van der Waals surface area contributed by atoms with E-state index in [0.717, 1.165) is 13.1 Å². The molecule has 1 fully saturated rings. The maximum atomic E-state index is 4.32. The van der Waals surface area contributed by atoms with Gasteiger partial charge < -0.3 is 9.88 Å². The average Bonchev–Trinajstić information content (AvgIpc) is 2.67. The lowest BCUT2D eigenvalue weighted by molar-refractivity contribution is 0.264. The van der Waals surface area contributed by atoms with Crippen molar-refractivity contribution in [3.8, 4) is 0 Å². The van der Waals surface area contributed by atoms with Gasteiger partial charge in [-0.05, 0) is 32.4 Å². The minimum Gasteiger partial charge on any atom is -0.320 e. The number of nitrogens with one attached hydrogen (secondary N) is 1. The molecule has 1 aliphatic rings. The van der Waals surface area contributed by atoms with Crippen LogP contribution in [0.15, 0.2) is 6.33 Å². The topological polar surface area (TPSA) is 42.7 Å². The zero-order valence-electron chi connectivity index (χ0n) is 9.66. The van der Waals surface area contributed by atoms with Gasteiger partial charge in [-0.15, -0.1) is 10.2 Å². The largest absolute Gasteiger partial charge is 0.320 e. The summed E-state index contributed by atoms with van der Waals surface area (Å²) in [6, 6.07) is 0. The van der Waals surface area contributed by atoms with Gasteiger partial charge in [0.2, 0.25) is 0 Å². The summed E-state index contributed by atoms with van der Waals surface area (Å²) in [7, 11) is 2.05. The fourth-order valence-corrected chi connectivity index (χ4v) is 2.73. The third-order valence-electron chi connectivity index (χ3n) is 3.47. The minimum atomic E-state index is 0.269. The van der Waals surface area contributed by atoms with Crippen LogP contribution in [0.4, 0.5) is 0 Å². The molecule has 2 rings (SSSR count). The molecule has 0 aromatic carbocycles. The van der Waals surface area contributed by atoms with E-state index in [1.807, 2.05) is 6.33 Å². The van der Waals surface area contributed by atoms with Crippen molar-refractivity contribution in [3.05, 3.63) is 12.2 Å². The van der Waals surface area contributed by atoms with E-state index >= 15 is 0 Å². The lowest BCUT2D eigenvalue weighted by Crippen LogP contribution is -2.41.